The lowest BCUT2D eigenvalue weighted by Gasteiger charge is -2.20. The third-order valence-corrected chi connectivity index (χ3v) is 6.39. The van der Waals surface area contributed by atoms with Crippen molar-refractivity contribution in [3.8, 4) is 5.75 Å². The van der Waals surface area contributed by atoms with Crippen LogP contribution in [0.15, 0.2) is 72.9 Å². The van der Waals surface area contributed by atoms with Gasteiger partial charge >= 0.3 is 6.09 Å². The number of fused-ring (bicyclic) bond motifs is 1. The van der Waals surface area contributed by atoms with Crippen LogP contribution in [0.1, 0.15) is 29.8 Å². The van der Waals surface area contributed by atoms with Gasteiger partial charge in [-0.1, -0.05) is 59.6 Å². The highest BCUT2D eigenvalue weighted by atomic mass is 35.5. The first kappa shape index (κ1) is 24.6. The van der Waals surface area contributed by atoms with E-state index in [1.807, 2.05) is 62.5 Å². The van der Waals surface area contributed by atoms with Gasteiger partial charge in [0, 0.05) is 31.2 Å². The Balaban J connectivity index is 1.77. The SMILES string of the molecule is CCN(CC)C(=O)Oc1ccc2c(ccn2Cc2ccccc2)c1NC(=O)c1c(Cl)cccc1Cl. The number of carbonyl (C=O) groups excluding carboxylic acids is 2. The van der Waals surface area contributed by atoms with Crippen LogP contribution >= 0.6 is 23.2 Å². The number of nitrogens with one attached hydrogen (secondary N) is 1. The minimum atomic E-state index is -0.496. The van der Waals surface area contributed by atoms with Crippen LogP contribution in [0.25, 0.3) is 10.9 Å². The number of benzene rings is 3. The van der Waals surface area contributed by atoms with E-state index in [0.717, 1.165) is 16.5 Å². The van der Waals surface area contributed by atoms with Crippen LogP contribution in [-0.4, -0.2) is 34.6 Å². The molecule has 0 saturated heterocycles. The first-order chi connectivity index (χ1) is 16.9. The molecule has 1 aromatic heterocycles. The maximum atomic E-state index is 13.2. The first-order valence-electron chi connectivity index (χ1n) is 11.3. The fourth-order valence-corrected chi connectivity index (χ4v) is 4.48. The average molecular weight is 510 g/mol. The summed E-state index contributed by atoms with van der Waals surface area (Å²) in [6.45, 7) is 5.40. The van der Waals surface area contributed by atoms with E-state index in [9.17, 15) is 9.59 Å². The third kappa shape index (κ3) is 5.29. The van der Waals surface area contributed by atoms with Crippen LogP contribution in [0.4, 0.5) is 10.5 Å². The highest BCUT2D eigenvalue weighted by Crippen LogP contribution is 2.36. The van der Waals surface area contributed by atoms with Crippen LogP contribution < -0.4 is 10.1 Å². The lowest BCUT2D eigenvalue weighted by atomic mass is 10.1. The summed E-state index contributed by atoms with van der Waals surface area (Å²) in [6.07, 6.45) is 1.44. The summed E-state index contributed by atoms with van der Waals surface area (Å²) in [5.74, 6) is -0.257. The Bertz CT molecular complexity index is 1340. The van der Waals surface area contributed by atoms with Crippen molar-refractivity contribution >= 4 is 51.8 Å². The van der Waals surface area contributed by atoms with E-state index in [2.05, 4.69) is 9.88 Å². The van der Waals surface area contributed by atoms with Crippen LogP contribution in [0.5, 0.6) is 5.75 Å². The van der Waals surface area contributed by atoms with Crippen molar-refractivity contribution < 1.29 is 14.3 Å². The molecule has 8 heteroatoms. The van der Waals surface area contributed by atoms with E-state index in [4.69, 9.17) is 27.9 Å². The fourth-order valence-electron chi connectivity index (χ4n) is 3.92. The summed E-state index contributed by atoms with van der Waals surface area (Å²) < 4.78 is 7.79. The minimum Gasteiger partial charge on any atom is -0.408 e. The van der Waals surface area contributed by atoms with Crippen molar-refractivity contribution in [1.29, 1.82) is 0 Å². The topological polar surface area (TPSA) is 63.6 Å². The van der Waals surface area contributed by atoms with E-state index >= 15 is 0 Å². The second-order valence-electron chi connectivity index (χ2n) is 7.89. The number of amides is 2. The van der Waals surface area contributed by atoms with Gasteiger partial charge in [-0.25, -0.2) is 4.79 Å². The molecule has 0 bridgehead atoms. The number of ether oxygens (including phenoxy) is 1. The Morgan fingerprint density at radius 1 is 0.914 bits per heavy atom. The Kier molecular flexibility index (Phi) is 7.63. The molecule has 0 radical (unpaired) electrons. The average Bonchev–Trinajstić information content (AvgIpc) is 3.24. The normalized spacial score (nSPS) is 10.9. The number of hydrogen-bond donors (Lipinski definition) is 1. The molecule has 4 rings (SSSR count). The van der Waals surface area contributed by atoms with E-state index in [1.165, 1.54) is 0 Å². The van der Waals surface area contributed by atoms with Gasteiger partial charge in [0.2, 0.25) is 0 Å². The van der Waals surface area contributed by atoms with Gasteiger partial charge in [-0.15, -0.1) is 0 Å². The molecule has 35 heavy (non-hydrogen) atoms. The third-order valence-electron chi connectivity index (χ3n) is 5.76. The Labute approximate surface area is 214 Å². The highest BCUT2D eigenvalue weighted by molar-refractivity contribution is 6.40. The van der Waals surface area contributed by atoms with Gasteiger partial charge in [-0.2, -0.15) is 0 Å². The van der Waals surface area contributed by atoms with Gasteiger partial charge in [0.15, 0.2) is 5.75 Å². The predicted molar refractivity (Wildman–Crippen MR) is 141 cm³/mol. The zero-order valence-corrected chi connectivity index (χ0v) is 20.9. The van der Waals surface area contributed by atoms with Gasteiger partial charge < -0.3 is 19.5 Å². The number of aromatic nitrogens is 1. The zero-order chi connectivity index (χ0) is 24.9. The van der Waals surface area contributed by atoms with E-state index in [1.54, 1.807) is 29.2 Å². The van der Waals surface area contributed by atoms with Gasteiger partial charge in [-0.3, -0.25) is 4.79 Å². The minimum absolute atomic E-state index is 0.151. The van der Waals surface area contributed by atoms with Gasteiger partial charge in [0.1, 0.15) is 0 Å². The van der Waals surface area contributed by atoms with Crippen molar-refractivity contribution in [3.05, 3.63) is 94.1 Å². The molecule has 0 atom stereocenters. The number of rotatable bonds is 7. The van der Waals surface area contributed by atoms with Gasteiger partial charge in [-0.05, 0) is 49.7 Å². The summed E-state index contributed by atoms with van der Waals surface area (Å²) in [7, 11) is 0. The Morgan fingerprint density at radius 2 is 1.60 bits per heavy atom. The zero-order valence-electron chi connectivity index (χ0n) is 19.4. The number of anilines is 1. The molecular weight excluding hydrogens is 485 g/mol. The molecule has 0 aliphatic carbocycles. The second kappa shape index (κ2) is 10.8. The largest absolute Gasteiger partial charge is 0.415 e. The molecule has 2 amide bonds. The first-order valence-corrected chi connectivity index (χ1v) is 12.1. The molecule has 0 saturated carbocycles. The summed E-state index contributed by atoms with van der Waals surface area (Å²) >= 11 is 12.5. The molecule has 3 aromatic carbocycles. The molecule has 6 nitrogen and oxygen atoms in total. The Morgan fingerprint density at radius 3 is 2.26 bits per heavy atom. The smallest absolute Gasteiger partial charge is 0.408 e. The van der Waals surface area contributed by atoms with Crippen molar-refractivity contribution in [1.82, 2.24) is 9.47 Å². The number of nitrogens with zero attached hydrogens (tertiary/aromatic N) is 2. The van der Waals surface area contributed by atoms with Crippen molar-refractivity contribution in [2.75, 3.05) is 18.4 Å². The van der Waals surface area contributed by atoms with Crippen LogP contribution in [0, 0.1) is 0 Å². The monoisotopic (exact) mass is 509 g/mol. The molecular formula is C27H25Cl2N3O3. The highest BCUT2D eigenvalue weighted by Gasteiger charge is 2.22. The lowest BCUT2D eigenvalue weighted by Crippen LogP contribution is -2.33. The number of halogens is 2. The van der Waals surface area contributed by atoms with Crippen LogP contribution in [-0.2, 0) is 6.54 Å². The van der Waals surface area contributed by atoms with Gasteiger partial charge in [0.05, 0.1) is 26.8 Å². The molecule has 0 aliphatic rings. The molecule has 180 valence electrons. The lowest BCUT2D eigenvalue weighted by molar-refractivity contribution is 0.102. The number of hydrogen-bond acceptors (Lipinski definition) is 3. The number of carbonyl (C=O) groups is 2. The summed E-state index contributed by atoms with van der Waals surface area (Å²) in [6, 6.07) is 20.4. The molecule has 1 N–H and O–H groups in total. The molecule has 0 aliphatic heterocycles. The molecule has 1 heterocycles. The molecule has 0 unspecified atom stereocenters. The van der Waals surface area contributed by atoms with Gasteiger partial charge in [0.25, 0.3) is 5.91 Å². The second-order valence-corrected chi connectivity index (χ2v) is 8.71. The van der Waals surface area contributed by atoms with E-state index < -0.39 is 12.0 Å². The van der Waals surface area contributed by atoms with Crippen molar-refractivity contribution in [3.63, 3.8) is 0 Å². The Hall–Kier alpha value is -3.48. The standard InChI is InChI=1S/C27H25Cl2N3O3/c1-3-31(4-2)27(34)35-23-14-13-22-19(15-16-32(22)17-18-9-6-5-7-10-18)25(23)30-26(33)24-20(28)11-8-12-21(24)29/h5-16H,3-4,17H2,1-2H3,(H,30,33). The fraction of sp³-hybridized carbons (Fsp3) is 0.185. The maximum absolute atomic E-state index is 13.2. The van der Waals surface area contributed by atoms with Crippen molar-refractivity contribution in [2.45, 2.75) is 20.4 Å². The summed E-state index contributed by atoms with van der Waals surface area (Å²) in [4.78, 5) is 27.5. The molecule has 4 aromatic rings. The maximum Gasteiger partial charge on any atom is 0.415 e. The van der Waals surface area contributed by atoms with Crippen LogP contribution in [0.3, 0.4) is 0 Å². The molecule has 0 fully saturated rings. The summed E-state index contributed by atoms with van der Waals surface area (Å²) in [5.41, 5.74) is 2.53. The van der Waals surface area contributed by atoms with E-state index in [0.29, 0.717) is 25.3 Å². The quantitative estimate of drug-likeness (QED) is 0.289. The van der Waals surface area contributed by atoms with E-state index in [-0.39, 0.29) is 21.4 Å². The van der Waals surface area contributed by atoms with Crippen molar-refractivity contribution in [2.24, 2.45) is 0 Å². The van der Waals surface area contributed by atoms with Crippen LogP contribution in [0.2, 0.25) is 10.0 Å². The summed E-state index contributed by atoms with van der Waals surface area (Å²) in [5, 5.41) is 4.07. The molecule has 0 spiro atoms. The predicted octanol–water partition coefficient (Wildman–Crippen LogP) is 7.09.